The molecule has 6 N–H and O–H groups in total. The molecule has 0 spiro atoms. The van der Waals surface area contributed by atoms with Crippen LogP contribution in [0.2, 0.25) is 10.0 Å². The van der Waals surface area contributed by atoms with Gasteiger partial charge >= 0.3 is 0 Å². The Labute approximate surface area is 254 Å². The van der Waals surface area contributed by atoms with Crippen LogP contribution in [0.3, 0.4) is 0 Å². The zero-order valence-corrected chi connectivity index (χ0v) is 25.6. The van der Waals surface area contributed by atoms with Gasteiger partial charge in [0.15, 0.2) is 0 Å². The van der Waals surface area contributed by atoms with Crippen LogP contribution in [0.15, 0.2) is 51.7 Å². The lowest BCUT2D eigenvalue weighted by molar-refractivity contribution is 0.0706. The summed E-state index contributed by atoms with van der Waals surface area (Å²) in [6, 6.07) is 7.94. The number of aliphatic imine (C=N–C) groups is 1. The fraction of sp³-hybridized carbons (Fsp3) is 0.379. The van der Waals surface area contributed by atoms with Crippen LogP contribution in [0, 0.1) is 11.2 Å². The van der Waals surface area contributed by atoms with Crippen LogP contribution in [0.5, 0.6) is 0 Å². The number of hydrazone groups is 1. The van der Waals surface area contributed by atoms with E-state index >= 15 is 0 Å². The van der Waals surface area contributed by atoms with Crippen LogP contribution in [0.1, 0.15) is 59.7 Å². The van der Waals surface area contributed by atoms with Crippen LogP contribution < -0.4 is 16.3 Å². The van der Waals surface area contributed by atoms with Gasteiger partial charge in [-0.25, -0.2) is 4.39 Å². The van der Waals surface area contributed by atoms with E-state index in [0.29, 0.717) is 35.0 Å². The first kappa shape index (κ1) is 31.0. The molecule has 1 unspecified atom stereocenters. The fourth-order valence-corrected chi connectivity index (χ4v) is 6.54. The highest BCUT2D eigenvalue weighted by molar-refractivity contribution is 7.96. The molecule has 2 aromatic rings. The summed E-state index contributed by atoms with van der Waals surface area (Å²) in [6.45, 7) is 2.19. The van der Waals surface area contributed by atoms with Gasteiger partial charge in [0.1, 0.15) is 5.82 Å². The summed E-state index contributed by atoms with van der Waals surface area (Å²) in [6.07, 6.45) is 6.12. The zero-order valence-electron chi connectivity index (χ0n) is 23.2. The van der Waals surface area contributed by atoms with Crippen molar-refractivity contribution >= 4 is 58.7 Å². The van der Waals surface area contributed by atoms with Crippen molar-refractivity contribution in [2.75, 3.05) is 19.8 Å². The van der Waals surface area contributed by atoms with E-state index in [1.165, 1.54) is 6.07 Å². The number of aryl methyl sites for hydroxylation is 1. The second-order valence-corrected chi connectivity index (χ2v) is 11.7. The molecule has 1 amide bonds. The summed E-state index contributed by atoms with van der Waals surface area (Å²) >= 11 is 14.7. The van der Waals surface area contributed by atoms with Gasteiger partial charge < -0.3 is 21.9 Å². The van der Waals surface area contributed by atoms with Crippen LogP contribution in [-0.4, -0.2) is 54.3 Å². The molecule has 218 valence electrons. The zero-order chi connectivity index (χ0) is 29.9. The van der Waals surface area contributed by atoms with Gasteiger partial charge in [0.25, 0.3) is 5.91 Å². The number of hydrogen-bond acceptors (Lipinski definition) is 8. The summed E-state index contributed by atoms with van der Waals surface area (Å²) in [7, 11) is 1.72. The lowest BCUT2D eigenvalue weighted by Crippen LogP contribution is -2.46. The number of benzene rings is 2. The predicted octanol–water partition coefficient (Wildman–Crippen LogP) is 5.45. The molecule has 1 fully saturated rings. The Bertz CT molecular complexity index is 1450. The Morgan fingerprint density at radius 3 is 2.63 bits per heavy atom. The highest BCUT2D eigenvalue weighted by atomic mass is 35.5. The van der Waals surface area contributed by atoms with Crippen molar-refractivity contribution in [1.29, 1.82) is 5.41 Å². The van der Waals surface area contributed by atoms with Crippen molar-refractivity contribution in [2.24, 2.45) is 21.7 Å². The summed E-state index contributed by atoms with van der Waals surface area (Å²) in [5.74, 6) is 4.29. The number of nitrogens with zero attached hydrogens (tertiary/aromatic N) is 3. The smallest absolute Gasteiger partial charge is 0.256 e. The van der Waals surface area contributed by atoms with Gasteiger partial charge in [0, 0.05) is 41.7 Å². The third-order valence-corrected chi connectivity index (χ3v) is 9.00. The molecule has 8 nitrogen and oxygen atoms in total. The topological polar surface area (TPSA) is 133 Å². The van der Waals surface area contributed by atoms with Crippen LogP contribution in [-0.2, 0) is 12.0 Å². The van der Waals surface area contributed by atoms with Gasteiger partial charge in [-0.2, -0.15) is 5.10 Å². The predicted molar refractivity (Wildman–Crippen MR) is 168 cm³/mol. The van der Waals surface area contributed by atoms with E-state index in [9.17, 15) is 9.18 Å². The van der Waals surface area contributed by atoms with E-state index < -0.39 is 17.8 Å². The van der Waals surface area contributed by atoms with Gasteiger partial charge in [0.05, 0.1) is 33.6 Å². The summed E-state index contributed by atoms with van der Waals surface area (Å²) < 4.78 is 18.1. The minimum absolute atomic E-state index is 0.0609. The number of nitrogens with two attached hydrogens (primary N) is 2. The second kappa shape index (κ2) is 12.9. The molecule has 0 bridgehead atoms. The molecule has 0 radical (unpaired) electrons. The minimum Gasteiger partial charge on any atom is -0.400 e. The molecule has 1 saturated carbocycles. The van der Waals surface area contributed by atoms with Crippen molar-refractivity contribution in [3.05, 3.63) is 79.7 Å². The first-order chi connectivity index (χ1) is 19.6. The van der Waals surface area contributed by atoms with Crippen LogP contribution >= 0.6 is 35.1 Å². The Morgan fingerprint density at radius 2 is 2.02 bits per heavy atom. The average molecular weight is 619 g/mol. The SMILES string of the molecule is CN=C(C1=C(N)C(C)N(C(=O)c2cc(F)cc(CCC(C=N)=NN)c2Cl)CC1)c1cc(Cl)cc(C2(NSC)CC2)c1. The minimum atomic E-state index is -0.579. The molecule has 2 aromatic carbocycles. The van der Waals surface area contributed by atoms with Crippen molar-refractivity contribution in [3.8, 4) is 0 Å². The molecular weight excluding hydrogens is 584 g/mol. The van der Waals surface area contributed by atoms with Gasteiger partial charge in [-0.1, -0.05) is 35.1 Å². The summed E-state index contributed by atoms with van der Waals surface area (Å²) in [5, 5.41) is 11.7. The number of carbonyl (C=O) groups excluding carboxylic acids is 1. The molecule has 1 aliphatic heterocycles. The Kier molecular flexibility index (Phi) is 9.79. The lowest BCUT2D eigenvalue weighted by atomic mass is 9.90. The fourth-order valence-electron chi connectivity index (χ4n) is 5.31. The second-order valence-electron chi connectivity index (χ2n) is 10.2. The third kappa shape index (κ3) is 6.45. The first-order valence-corrected chi connectivity index (χ1v) is 15.2. The number of amides is 1. The molecule has 1 heterocycles. The number of carbonyl (C=O) groups is 1. The van der Waals surface area contributed by atoms with Gasteiger partial charge in [0.2, 0.25) is 0 Å². The van der Waals surface area contributed by atoms with E-state index in [0.717, 1.165) is 47.5 Å². The molecular formula is C29H34Cl2FN7OS. The van der Waals surface area contributed by atoms with E-state index in [2.05, 4.69) is 20.9 Å². The number of halogens is 3. The number of nitrogens with one attached hydrogen (secondary N) is 2. The molecule has 1 aliphatic carbocycles. The number of hydrogen-bond donors (Lipinski definition) is 4. The van der Waals surface area contributed by atoms with Crippen LogP contribution in [0.25, 0.3) is 0 Å². The van der Waals surface area contributed by atoms with Gasteiger partial charge in [-0.05, 0) is 86.7 Å². The lowest BCUT2D eigenvalue weighted by Gasteiger charge is -2.36. The standard InChI is InChI=1S/C29H34Cl2FN7OS/c1-16-26(34)23(27(36-2)18-10-19(13-20(30)11-18)29(7-8-29)38-41-3)6-9-39(16)28(40)24-14-21(32)12-17(25(24)31)4-5-22(15-33)37-35/h10-16,33,38H,4-9,34-35H2,1-3H3. The summed E-state index contributed by atoms with van der Waals surface area (Å²) in [4.78, 5) is 19.9. The number of rotatable bonds is 10. The Hall–Kier alpha value is -2.92. The molecule has 0 saturated heterocycles. The Balaban J connectivity index is 1.62. The maximum Gasteiger partial charge on any atom is 0.256 e. The highest BCUT2D eigenvalue weighted by Gasteiger charge is 2.44. The van der Waals surface area contributed by atoms with E-state index in [1.807, 2.05) is 25.3 Å². The van der Waals surface area contributed by atoms with E-state index in [1.54, 1.807) is 23.9 Å². The van der Waals surface area contributed by atoms with Gasteiger partial charge in [-0.3, -0.25) is 14.5 Å². The van der Waals surface area contributed by atoms with Crippen LogP contribution in [0.4, 0.5) is 4.39 Å². The molecule has 41 heavy (non-hydrogen) atoms. The van der Waals surface area contributed by atoms with E-state index in [4.69, 9.17) is 40.2 Å². The van der Waals surface area contributed by atoms with Crippen molar-refractivity contribution in [3.63, 3.8) is 0 Å². The van der Waals surface area contributed by atoms with Crippen molar-refractivity contribution < 1.29 is 9.18 Å². The van der Waals surface area contributed by atoms with Gasteiger partial charge in [-0.15, -0.1) is 0 Å². The first-order valence-electron chi connectivity index (χ1n) is 13.2. The molecule has 12 heteroatoms. The monoisotopic (exact) mass is 617 g/mol. The van der Waals surface area contributed by atoms with Crippen molar-refractivity contribution in [1.82, 2.24) is 9.62 Å². The third-order valence-electron chi connectivity index (χ3n) is 7.74. The largest absolute Gasteiger partial charge is 0.400 e. The molecule has 1 atom stereocenters. The van der Waals surface area contributed by atoms with E-state index in [-0.39, 0.29) is 29.0 Å². The molecule has 4 rings (SSSR count). The van der Waals surface area contributed by atoms with Crippen molar-refractivity contribution in [2.45, 2.75) is 50.6 Å². The normalized spacial score (nSPS) is 19.0. The molecule has 2 aliphatic rings. The summed E-state index contributed by atoms with van der Waals surface area (Å²) in [5.41, 5.74) is 11.5. The quantitative estimate of drug-likeness (QED) is 0.122. The average Bonchev–Trinajstić information content (AvgIpc) is 3.74. The highest BCUT2D eigenvalue weighted by Crippen LogP contribution is 2.47. The Morgan fingerprint density at radius 1 is 1.29 bits per heavy atom. The maximum absolute atomic E-state index is 14.6. The maximum atomic E-state index is 14.6. The molecule has 0 aromatic heterocycles.